The van der Waals surface area contributed by atoms with Crippen LogP contribution in [0.2, 0.25) is 0 Å². The van der Waals surface area contributed by atoms with E-state index in [0.717, 1.165) is 31.7 Å². The molecule has 0 saturated carbocycles. The number of fused-ring (bicyclic) bond motifs is 1. The van der Waals surface area contributed by atoms with E-state index < -0.39 is 0 Å². The van der Waals surface area contributed by atoms with E-state index in [1.165, 1.54) is 22.5 Å². The van der Waals surface area contributed by atoms with Gasteiger partial charge in [0.2, 0.25) is 5.91 Å². The predicted molar refractivity (Wildman–Crippen MR) is 108 cm³/mol. The van der Waals surface area contributed by atoms with Crippen LogP contribution in [0.4, 0.5) is 15.8 Å². The Morgan fingerprint density at radius 3 is 2.81 bits per heavy atom. The number of rotatable bonds is 4. The van der Waals surface area contributed by atoms with Gasteiger partial charge in [0.15, 0.2) is 0 Å². The van der Waals surface area contributed by atoms with Gasteiger partial charge in [0, 0.05) is 38.1 Å². The molecule has 1 fully saturated rings. The van der Waals surface area contributed by atoms with E-state index in [-0.39, 0.29) is 17.8 Å². The molecule has 1 aliphatic heterocycles. The molecule has 27 heavy (non-hydrogen) atoms. The van der Waals surface area contributed by atoms with Crippen molar-refractivity contribution in [1.29, 1.82) is 0 Å². The van der Waals surface area contributed by atoms with Crippen molar-refractivity contribution in [3.05, 3.63) is 53.8 Å². The normalized spacial score (nSPS) is 16.4. The minimum atomic E-state index is -0.355. The van der Waals surface area contributed by atoms with E-state index in [1.807, 2.05) is 19.2 Å². The Bertz CT molecular complexity index is 952. The van der Waals surface area contributed by atoms with E-state index in [0.29, 0.717) is 5.69 Å². The molecule has 1 amide bonds. The highest BCUT2D eigenvalue weighted by atomic mass is 32.1. The number of carbonyl (C=O) groups excluding carboxylic acids is 1. The number of amides is 1. The molecular formula is C20H21FN4OS. The minimum absolute atomic E-state index is 0.112. The number of hydrogen-bond acceptors (Lipinski definition) is 5. The largest absolute Gasteiger partial charge is 0.368 e. The van der Waals surface area contributed by atoms with Crippen LogP contribution in [0.15, 0.2) is 48.0 Å². The summed E-state index contributed by atoms with van der Waals surface area (Å²) in [5, 5.41) is 4.87. The van der Waals surface area contributed by atoms with E-state index in [1.54, 1.807) is 23.5 Å². The molecule has 1 saturated heterocycles. The molecule has 3 aromatic rings. The van der Waals surface area contributed by atoms with Gasteiger partial charge in [0.05, 0.1) is 21.9 Å². The van der Waals surface area contributed by atoms with Gasteiger partial charge in [-0.15, -0.1) is 11.3 Å². The van der Waals surface area contributed by atoms with E-state index >= 15 is 0 Å². The molecule has 7 heteroatoms. The first-order valence-electron chi connectivity index (χ1n) is 8.99. The number of anilines is 2. The predicted octanol–water partition coefficient (Wildman–Crippen LogP) is 3.58. The maximum atomic E-state index is 13.3. The molecule has 140 valence electrons. The first-order valence-corrected chi connectivity index (χ1v) is 9.87. The average Bonchev–Trinajstić information content (AvgIpc) is 3.16. The zero-order chi connectivity index (χ0) is 18.8. The smallest absolute Gasteiger partial charge is 0.241 e. The zero-order valence-electron chi connectivity index (χ0n) is 15.1. The monoisotopic (exact) mass is 384 g/mol. The molecule has 4 rings (SSSR count). The van der Waals surface area contributed by atoms with Gasteiger partial charge >= 0.3 is 0 Å². The number of piperazine rings is 1. The lowest BCUT2D eigenvalue weighted by molar-refractivity contribution is -0.120. The number of pyridine rings is 1. The molecule has 1 aromatic carbocycles. The Kier molecular flexibility index (Phi) is 5.05. The van der Waals surface area contributed by atoms with Gasteiger partial charge in [-0.2, -0.15) is 0 Å². The molecule has 1 aliphatic rings. The highest BCUT2D eigenvalue weighted by Gasteiger charge is 2.26. The Balaban J connectivity index is 1.38. The summed E-state index contributed by atoms with van der Waals surface area (Å²) in [5.41, 5.74) is 2.73. The zero-order valence-corrected chi connectivity index (χ0v) is 15.9. The van der Waals surface area contributed by atoms with Crippen molar-refractivity contribution in [2.75, 3.05) is 36.4 Å². The maximum absolute atomic E-state index is 13.3. The van der Waals surface area contributed by atoms with E-state index in [4.69, 9.17) is 0 Å². The Labute approximate surface area is 161 Å². The summed E-state index contributed by atoms with van der Waals surface area (Å²) in [7, 11) is 0. The van der Waals surface area contributed by atoms with Crippen LogP contribution >= 0.6 is 11.3 Å². The highest BCUT2D eigenvalue weighted by Crippen LogP contribution is 2.30. The second kappa shape index (κ2) is 7.62. The number of halogens is 1. The summed E-state index contributed by atoms with van der Waals surface area (Å²) in [6.07, 6.45) is 1.85. The molecule has 0 aliphatic carbocycles. The van der Waals surface area contributed by atoms with Crippen molar-refractivity contribution >= 4 is 38.8 Å². The molecule has 0 bridgehead atoms. The van der Waals surface area contributed by atoms with Crippen molar-refractivity contribution in [3.8, 4) is 0 Å². The third kappa shape index (κ3) is 3.79. The summed E-state index contributed by atoms with van der Waals surface area (Å²) in [5.74, 6) is -0.468. The number of aromatic nitrogens is 1. The molecule has 5 nitrogen and oxygen atoms in total. The minimum Gasteiger partial charge on any atom is -0.368 e. The molecule has 2 aromatic heterocycles. The van der Waals surface area contributed by atoms with Gasteiger partial charge in [-0.3, -0.25) is 14.7 Å². The number of hydrogen-bond donors (Lipinski definition) is 1. The van der Waals surface area contributed by atoms with Crippen molar-refractivity contribution in [1.82, 2.24) is 9.88 Å². The fraction of sp³-hybridized carbons (Fsp3) is 0.300. The van der Waals surface area contributed by atoms with Crippen molar-refractivity contribution in [2.45, 2.75) is 13.0 Å². The average molecular weight is 384 g/mol. The van der Waals surface area contributed by atoms with Crippen LogP contribution in [-0.4, -0.2) is 48.0 Å². The molecule has 0 radical (unpaired) electrons. The third-order valence-corrected chi connectivity index (χ3v) is 5.92. The quantitative estimate of drug-likeness (QED) is 0.747. The number of benzene rings is 1. The van der Waals surface area contributed by atoms with Crippen molar-refractivity contribution in [2.24, 2.45) is 0 Å². The van der Waals surface area contributed by atoms with E-state index in [2.05, 4.69) is 31.5 Å². The maximum Gasteiger partial charge on any atom is 0.241 e. The summed E-state index contributed by atoms with van der Waals surface area (Å²) in [6, 6.07) is 9.82. The number of thiophene rings is 1. The van der Waals surface area contributed by atoms with Crippen LogP contribution in [-0.2, 0) is 4.79 Å². The number of carbonyl (C=O) groups is 1. The summed E-state index contributed by atoms with van der Waals surface area (Å²) < 4.78 is 14.5. The Morgan fingerprint density at radius 1 is 1.22 bits per heavy atom. The second-order valence-corrected chi connectivity index (χ2v) is 7.58. The van der Waals surface area contributed by atoms with Gasteiger partial charge in [0.1, 0.15) is 5.82 Å². The van der Waals surface area contributed by atoms with Crippen molar-refractivity contribution in [3.63, 3.8) is 0 Å². The lowest BCUT2D eigenvalue weighted by Crippen LogP contribution is -2.52. The highest BCUT2D eigenvalue weighted by molar-refractivity contribution is 7.17. The van der Waals surface area contributed by atoms with E-state index in [9.17, 15) is 9.18 Å². The first kappa shape index (κ1) is 17.9. The van der Waals surface area contributed by atoms with Crippen LogP contribution in [0.3, 0.4) is 0 Å². The molecule has 1 unspecified atom stereocenters. The molecule has 1 N–H and O–H groups in total. The van der Waals surface area contributed by atoms with Crippen LogP contribution in [0.1, 0.15) is 6.92 Å². The molecular weight excluding hydrogens is 363 g/mol. The van der Waals surface area contributed by atoms with Crippen LogP contribution < -0.4 is 10.2 Å². The lowest BCUT2D eigenvalue weighted by atomic mass is 10.2. The topological polar surface area (TPSA) is 48.5 Å². The summed E-state index contributed by atoms with van der Waals surface area (Å²) >= 11 is 1.71. The fourth-order valence-corrected chi connectivity index (χ4v) is 4.33. The fourth-order valence-electron chi connectivity index (χ4n) is 3.44. The van der Waals surface area contributed by atoms with Crippen LogP contribution in [0, 0.1) is 5.82 Å². The standard InChI is InChI=1S/C20H21FN4OS/c1-14(20(26)23-16-4-2-3-15(21)13-16)24-8-10-25(11-9-24)18-5-7-22-17-6-12-27-19(17)18/h2-7,12-14H,8-11H2,1H3,(H,23,26). The first-order chi connectivity index (χ1) is 13.1. The molecule has 1 atom stereocenters. The van der Waals surface area contributed by atoms with Gasteiger partial charge in [-0.05, 0) is 42.6 Å². The van der Waals surface area contributed by atoms with Gasteiger partial charge in [-0.25, -0.2) is 4.39 Å². The Morgan fingerprint density at radius 2 is 2.04 bits per heavy atom. The van der Waals surface area contributed by atoms with Gasteiger partial charge in [0.25, 0.3) is 0 Å². The van der Waals surface area contributed by atoms with Gasteiger partial charge in [-0.1, -0.05) is 6.07 Å². The Hall–Kier alpha value is -2.51. The summed E-state index contributed by atoms with van der Waals surface area (Å²) in [6.45, 7) is 5.21. The van der Waals surface area contributed by atoms with Crippen LogP contribution in [0.5, 0.6) is 0 Å². The molecule has 3 heterocycles. The van der Waals surface area contributed by atoms with Crippen LogP contribution in [0.25, 0.3) is 10.2 Å². The van der Waals surface area contributed by atoms with Crippen molar-refractivity contribution < 1.29 is 9.18 Å². The van der Waals surface area contributed by atoms with Gasteiger partial charge < -0.3 is 10.2 Å². The number of nitrogens with one attached hydrogen (secondary N) is 1. The summed E-state index contributed by atoms with van der Waals surface area (Å²) in [4.78, 5) is 21.4. The number of nitrogens with zero attached hydrogens (tertiary/aromatic N) is 3. The molecule has 0 spiro atoms. The SMILES string of the molecule is CC(C(=O)Nc1cccc(F)c1)N1CCN(c2ccnc3ccsc23)CC1. The third-order valence-electron chi connectivity index (χ3n) is 5.00. The lowest BCUT2D eigenvalue weighted by Gasteiger charge is -2.38. The second-order valence-electron chi connectivity index (χ2n) is 6.66.